The van der Waals surface area contributed by atoms with E-state index in [4.69, 9.17) is 16.3 Å². The summed E-state index contributed by atoms with van der Waals surface area (Å²) in [7, 11) is 0. The van der Waals surface area contributed by atoms with Crippen molar-refractivity contribution in [2.45, 2.75) is 13.3 Å². The molecule has 5 nitrogen and oxygen atoms in total. The summed E-state index contributed by atoms with van der Waals surface area (Å²) in [6.45, 7) is 2.63. The van der Waals surface area contributed by atoms with E-state index in [1.54, 1.807) is 60.7 Å². The Labute approximate surface area is 196 Å². The van der Waals surface area contributed by atoms with Gasteiger partial charge in [-0.15, -0.1) is 0 Å². The third kappa shape index (κ3) is 5.07. The lowest BCUT2D eigenvalue weighted by Crippen LogP contribution is -2.34. The van der Waals surface area contributed by atoms with Crippen molar-refractivity contribution >= 4 is 34.7 Å². The summed E-state index contributed by atoms with van der Waals surface area (Å²) in [6.07, 6.45) is 0.419. The minimum atomic E-state index is -0.416. The van der Waals surface area contributed by atoms with E-state index in [-0.39, 0.29) is 23.6 Å². The van der Waals surface area contributed by atoms with Crippen molar-refractivity contribution in [1.29, 1.82) is 0 Å². The van der Waals surface area contributed by atoms with Crippen LogP contribution < -0.4 is 10.1 Å². The van der Waals surface area contributed by atoms with Gasteiger partial charge in [0.1, 0.15) is 17.3 Å². The summed E-state index contributed by atoms with van der Waals surface area (Å²) in [5, 5.41) is 3.65. The molecule has 0 unspecified atom stereocenters. The first kappa shape index (κ1) is 22.6. The van der Waals surface area contributed by atoms with E-state index in [1.165, 1.54) is 17.0 Å². The van der Waals surface area contributed by atoms with Gasteiger partial charge in [0.25, 0.3) is 11.8 Å². The first-order chi connectivity index (χ1) is 16.0. The molecular formula is C26H22ClFN2O3. The highest BCUT2D eigenvalue weighted by molar-refractivity contribution is 6.36. The zero-order valence-electron chi connectivity index (χ0n) is 18.0. The summed E-state index contributed by atoms with van der Waals surface area (Å²) in [5.74, 6) is -0.427. The molecule has 0 saturated heterocycles. The SMILES string of the molecule is CCOc1ccc(NC2=C(c3ccc(Cl)cc3)C(=O)N(CCc3ccc(F)cc3)C2=O)cc1. The second-order valence-corrected chi connectivity index (χ2v) is 7.91. The van der Waals surface area contributed by atoms with Crippen molar-refractivity contribution in [2.24, 2.45) is 0 Å². The normalized spacial score (nSPS) is 13.6. The fourth-order valence-corrected chi connectivity index (χ4v) is 3.74. The fourth-order valence-electron chi connectivity index (χ4n) is 3.62. The van der Waals surface area contributed by atoms with Crippen LogP contribution in [0.3, 0.4) is 0 Å². The van der Waals surface area contributed by atoms with Crippen LogP contribution in [0.4, 0.5) is 10.1 Å². The number of rotatable bonds is 8. The number of imide groups is 1. The molecule has 33 heavy (non-hydrogen) atoms. The Bertz CT molecular complexity index is 1190. The third-order valence-corrected chi connectivity index (χ3v) is 5.52. The molecule has 0 fully saturated rings. The van der Waals surface area contributed by atoms with Gasteiger partial charge < -0.3 is 10.1 Å². The second-order valence-electron chi connectivity index (χ2n) is 7.48. The fraction of sp³-hybridized carbons (Fsp3) is 0.154. The average molecular weight is 465 g/mol. The van der Waals surface area contributed by atoms with Crippen LogP contribution in [0.25, 0.3) is 5.57 Å². The van der Waals surface area contributed by atoms with Crippen LogP contribution in [0.1, 0.15) is 18.1 Å². The molecule has 1 N–H and O–H groups in total. The van der Waals surface area contributed by atoms with Crippen LogP contribution in [-0.2, 0) is 16.0 Å². The Kier molecular flexibility index (Phi) is 6.75. The number of benzene rings is 3. The number of halogens is 2. The van der Waals surface area contributed by atoms with E-state index >= 15 is 0 Å². The summed E-state index contributed by atoms with van der Waals surface area (Å²) >= 11 is 6.01. The molecule has 168 valence electrons. The Morgan fingerprint density at radius 3 is 2.21 bits per heavy atom. The number of hydrogen-bond donors (Lipinski definition) is 1. The molecule has 2 amide bonds. The van der Waals surface area contributed by atoms with Crippen molar-refractivity contribution in [3.05, 3.63) is 100 Å². The predicted molar refractivity (Wildman–Crippen MR) is 126 cm³/mol. The maximum Gasteiger partial charge on any atom is 0.278 e. The van der Waals surface area contributed by atoms with Crippen LogP contribution in [0, 0.1) is 5.82 Å². The van der Waals surface area contributed by atoms with Gasteiger partial charge in [0.2, 0.25) is 0 Å². The lowest BCUT2D eigenvalue weighted by Gasteiger charge is -2.15. The maximum absolute atomic E-state index is 13.3. The van der Waals surface area contributed by atoms with Gasteiger partial charge >= 0.3 is 0 Å². The van der Waals surface area contributed by atoms with E-state index in [0.717, 1.165) is 5.56 Å². The van der Waals surface area contributed by atoms with Crippen LogP contribution in [0.15, 0.2) is 78.5 Å². The maximum atomic E-state index is 13.3. The summed E-state index contributed by atoms with van der Waals surface area (Å²) in [6, 6.07) is 20.0. The molecule has 1 aliphatic heterocycles. The van der Waals surface area contributed by atoms with Crippen LogP contribution >= 0.6 is 11.6 Å². The topological polar surface area (TPSA) is 58.6 Å². The van der Waals surface area contributed by atoms with Crippen molar-refractivity contribution in [1.82, 2.24) is 4.90 Å². The van der Waals surface area contributed by atoms with E-state index < -0.39 is 11.8 Å². The molecule has 4 rings (SSSR count). The van der Waals surface area contributed by atoms with Gasteiger partial charge in [-0.2, -0.15) is 0 Å². The van der Waals surface area contributed by atoms with Crippen molar-refractivity contribution in [3.8, 4) is 5.75 Å². The standard InChI is InChI=1S/C26H22ClFN2O3/c1-2-33-22-13-11-21(12-14-22)29-24-23(18-5-7-19(27)8-6-18)25(31)30(26(24)32)16-15-17-3-9-20(28)10-4-17/h3-14,29H,2,15-16H2,1H3. The van der Waals surface area contributed by atoms with Crippen LogP contribution in [0.5, 0.6) is 5.75 Å². The van der Waals surface area contributed by atoms with Gasteiger partial charge in [0.05, 0.1) is 12.2 Å². The number of hydrogen-bond acceptors (Lipinski definition) is 4. The van der Waals surface area contributed by atoms with Gasteiger partial charge in [-0.1, -0.05) is 35.9 Å². The van der Waals surface area contributed by atoms with Gasteiger partial charge in [0, 0.05) is 17.3 Å². The Hall–Kier alpha value is -3.64. The highest BCUT2D eigenvalue weighted by Crippen LogP contribution is 2.31. The van der Waals surface area contributed by atoms with Gasteiger partial charge in [0.15, 0.2) is 0 Å². The number of nitrogens with zero attached hydrogens (tertiary/aromatic N) is 1. The molecule has 0 aromatic heterocycles. The minimum Gasteiger partial charge on any atom is -0.494 e. The van der Waals surface area contributed by atoms with E-state index in [1.807, 2.05) is 6.92 Å². The van der Waals surface area contributed by atoms with Crippen LogP contribution in [-0.4, -0.2) is 29.9 Å². The Morgan fingerprint density at radius 2 is 1.58 bits per heavy atom. The molecule has 0 spiro atoms. The first-order valence-electron chi connectivity index (χ1n) is 10.6. The molecule has 0 radical (unpaired) electrons. The van der Waals surface area contributed by atoms with Crippen LogP contribution in [0.2, 0.25) is 5.02 Å². The largest absolute Gasteiger partial charge is 0.494 e. The average Bonchev–Trinajstić information content (AvgIpc) is 3.04. The van der Waals surface area contributed by atoms with E-state index in [0.29, 0.717) is 35.1 Å². The molecule has 0 atom stereocenters. The zero-order chi connectivity index (χ0) is 23.4. The number of carbonyl (C=O) groups excluding carboxylic acids is 2. The molecule has 0 saturated carbocycles. The Balaban J connectivity index is 1.62. The van der Waals surface area contributed by atoms with Crippen molar-refractivity contribution in [2.75, 3.05) is 18.5 Å². The number of carbonyl (C=O) groups is 2. The smallest absolute Gasteiger partial charge is 0.278 e. The highest BCUT2D eigenvalue weighted by Gasteiger charge is 2.38. The van der Waals surface area contributed by atoms with Crippen molar-refractivity contribution in [3.63, 3.8) is 0 Å². The lowest BCUT2D eigenvalue weighted by molar-refractivity contribution is -0.136. The van der Waals surface area contributed by atoms with Gasteiger partial charge in [-0.3, -0.25) is 14.5 Å². The summed E-state index contributed by atoms with van der Waals surface area (Å²) < 4.78 is 18.7. The Morgan fingerprint density at radius 1 is 0.909 bits per heavy atom. The quantitative estimate of drug-likeness (QED) is 0.459. The number of anilines is 1. The molecule has 1 heterocycles. The number of amides is 2. The number of ether oxygens (including phenoxy) is 1. The van der Waals surface area contributed by atoms with E-state index in [2.05, 4.69) is 5.32 Å². The monoisotopic (exact) mass is 464 g/mol. The molecule has 3 aromatic rings. The van der Waals surface area contributed by atoms with Crippen molar-refractivity contribution < 1.29 is 18.7 Å². The second kappa shape index (κ2) is 9.88. The molecule has 0 bridgehead atoms. The predicted octanol–water partition coefficient (Wildman–Crippen LogP) is 5.31. The molecule has 0 aliphatic carbocycles. The van der Waals surface area contributed by atoms with E-state index in [9.17, 15) is 14.0 Å². The molecule has 3 aromatic carbocycles. The molecule has 7 heteroatoms. The summed E-state index contributed by atoms with van der Waals surface area (Å²) in [5.41, 5.74) is 2.56. The van der Waals surface area contributed by atoms with Gasteiger partial charge in [-0.25, -0.2) is 4.39 Å². The molecule has 1 aliphatic rings. The zero-order valence-corrected chi connectivity index (χ0v) is 18.7. The first-order valence-corrected chi connectivity index (χ1v) is 10.9. The highest BCUT2D eigenvalue weighted by atomic mass is 35.5. The summed E-state index contributed by atoms with van der Waals surface area (Å²) in [4.78, 5) is 27.8. The molecular weight excluding hydrogens is 443 g/mol. The lowest BCUT2D eigenvalue weighted by atomic mass is 10.0. The third-order valence-electron chi connectivity index (χ3n) is 5.27. The number of nitrogens with one attached hydrogen (secondary N) is 1. The minimum absolute atomic E-state index is 0.175. The van der Waals surface area contributed by atoms with Gasteiger partial charge in [-0.05, 0) is 73.0 Å².